The molecule has 6 rings (SSSR count). The monoisotopic (exact) mass is 594 g/mol. The van der Waals surface area contributed by atoms with Crippen molar-refractivity contribution in [3.63, 3.8) is 0 Å². The van der Waals surface area contributed by atoms with Crippen molar-refractivity contribution >= 4 is 32.7 Å². The molecule has 0 amide bonds. The molecule has 0 saturated carbocycles. The topological polar surface area (TPSA) is 110 Å². The van der Waals surface area contributed by atoms with E-state index in [9.17, 15) is 17.6 Å². The molecule has 4 aromatic rings. The van der Waals surface area contributed by atoms with Crippen molar-refractivity contribution in [2.75, 3.05) is 31.4 Å². The Morgan fingerprint density at radius 3 is 2.50 bits per heavy atom. The number of H-pyrrole nitrogens is 1. The minimum atomic E-state index is -4.09. The maximum atomic E-state index is 15.4. The van der Waals surface area contributed by atoms with Crippen molar-refractivity contribution in [1.29, 1.82) is 0 Å². The molecule has 3 N–H and O–H groups in total. The number of nitrogens with zero attached hydrogens (tertiary/aromatic N) is 3. The molecule has 12 heteroatoms. The molecule has 2 saturated heterocycles. The molecule has 2 aromatic heterocycles. The van der Waals surface area contributed by atoms with E-state index in [1.807, 2.05) is 12.1 Å². The van der Waals surface area contributed by atoms with Crippen molar-refractivity contribution < 1.29 is 22.0 Å². The van der Waals surface area contributed by atoms with Crippen LogP contribution in [0.5, 0.6) is 0 Å². The van der Waals surface area contributed by atoms with Crippen LogP contribution in [0.15, 0.2) is 54.9 Å². The number of likely N-dealkylation sites (tertiary alicyclic amines) is 1. The summed E-state index contributed by atoms with van der Waals surface area (Å²) >= 11 is 0. The molecule has 2 atom stereocenters. The molecular weight excluding hydrogens is 562 g/mol. The number of hydrogen-bond donors (Lipinski definition) is 3. The Labute approximate surface area is 243 Å². The number of benzene rings is 2. The first-order chi connectivity index (χ1) is 20.1. The van der Waals surface area contributed by atoms with Gasteiger partial charge in [0.1, 0.15) is 11.5 Å². The van der Waals surface area contributed by atoms with Gasteiger partial charge < -0.3 is 10.3 Å². The number of hydrogen-bond acceptors (Lipinski definition) is 6. The van der Waals surface area contributed by atoms with Gasteiger partial charge in [0, 0.05) is 74.2 Å². The Balaban J connectivity index is 1.26. The number of carbonyl (C=O) groups is 1. The molecule has 2 fully saturated rings. The maximum absolute atomic E-state index is 15.4. The zero-order chi connectivity index (χ0) is 29.6. The second-order valence-electron chi connectivity index (χ2n) is 11.0. The lowest BCUT2D eigenvalue weighted by Crippen LogP contribution is -2.50. The van der Waals surface area contributed by atoms with Gasteiger partial charge in [0.2, 0.25) is 5.78 Å². The van der Waals surface area contributed by atoms with Gasteiger partial charge >= 0.3 is 10.2 Å². The van der Waals surface area contributed by atoms with Gasteiger partial charge in [0.15, 0.2) is 5.82 Å². The lowest BCUT2D eigenvalue weighted by Gasteiger charge is -2.32. The van der Waals surface area contributed by atoms with Crippen molar-refractivity contribution in [1.82, 2.24) is 24.5 Å². The quantitative estimate of drug-likeness (QED) is 0.250. The first-order valence-electron chi connectivity index (χ1n) is 13.9. The van der Waals surface area contributed by atoms with Gasteiger partial charge in [-0.05, 0) is 42.2 Å². The molecule has 0 radical (unpaired) electrons. The molecule has 42 heavy (non-hydrogen) atoms. The van der Waals surface area contributed by atoms with Crippen LogP contribution in [-0.2, 0) is 16.8 Å². The minimum Gasteiger partial charge on any atom is -0.345 e. The highest BCUT2D eigenvalue weighted by atomic mass is 32.2. The summed E-state index contributed by atoms with van der Waals surface area (Å²) in [6.07, 6.45) is 5.50. The number of ketones is 1. The summed E-state index contributed by atoms with van der Waals surface area (Å²) in [4.78, 5) is 23.3. The average Bonchev–Trinajstić information content (AvgIpc) is 3.56. The van der Waals surface area contributed by atoms with E-state index >= 15 is 4.39 Å². The maximum Gasteiger partial charge on any atom is 0.301 e. The van der Waals surface area contributed by atoms with E-state index < -0.39 is 38.9 Å². The van der Waals surface area contributed by atoms with Crippen LogP contribution in [0.2, 0.25) is 0 Å². The predicted molar refractivity (Wildman–Crippen MR) is 157 cm³/mol. The normalized spacial score (nSPS) is 19.1. The molecule has 0 spiro atoms. The SMILES string of the molecule is CCN(C)S(=O)(=O)Nc1ccc(F)c(C(=O)c2c[nH]c3ncc(-c4ccc(CN5CC6CCC(C5)N6)cc4)cc23)c1F. The number of carbonyl (C=O) groups excluding carboxylic acids is 1. The van der Waals surface area contributed by atoms with E-state index in [-0.39, 0.29) is 12.1 Å². The van der Waals surface area contributed by atoms with Crippen LogP contribution in [0.25, 0.3) is 22.2 Å². The first-order valence-corrected chi connectivity index (χ1v) is 15.4. The van der Waals surface area contributed by atoms with Crippen molar-refractivity contribution in [2.24, 2.45) is 0 Å². The summed E-state index contributed by atoms with van der Waals surface area (Å²) in [5.41, 5.74) is 1.87. The van der Waals surface area contributed by atoms with E-state index in [1.165, 1.54) is 31.6 Å². The summed E-state index contributed by atoms with van der Waals surface area (Å²) in [5, 5.41) is 4.05. The van der Waals surface area contributed by atoms with Crippen LogP contribution >= 0.6 is 0 Å². The first kappa shape index (κ1) is 28.4. The van der Waals surface area contributed by atoms with E-state index in [4.69, 9.17) is 0 Å². The Bertz CT molecular complexity index is 1750. The fraction of sp³-hybridized carbons (Fsp3) is 0.333. The highest BCUT2D eigenvalue weighted by Crippen LogP contribution is 2.30. The van der Waals surface area contributed by atoms with Gasteiger partial charge in [0.05, 0.1) is 11.3 Å². The van der Waals surface area contributed by atoms with Crippen LogP contribution in [-0.4, -0.2) is 72.1 Å². The summed E-state index contributed by atoms with van der Waals surface area (Å²) in [6, 6.07) is 12.9. The third-order valence-corrected chi connectivity index (χ3v) is 9.73. The number of pyridine rings is 1. The van der Waals surface area contributed by atoms with Crippen LogP contribution < -0.4 is 10.0 Å². The molecule has 2 aliphatic heterocycles. The van der Waals surface area contributed by atoms with Gasteiger partial charge in [-0.25, -0.2) is 13.8 Å². The second kappa shape index (κ2) is 11.2. The number of fused-ring (bicyclic) bond motifs is 3. The Morgan fingerprint density at radius 2 is 1.81 bits per heavy atom. The van der Waals surface area contributed by atoms with Crippen LogP contribution in [0.3, 0.4) is 0 Å². The molecule has 4 heterocycles. The van der Waals surface area contributed by atoms with Crippen LogP contribution in [0.4, 0.5) is 14.5 Å². The van der Waals surface area contributed by atoms with Gasteiger partial charge in [-0.1, -0.05) is 31.2 Å². The van der Waals surface area contributed by atoms with Gasteiger partial charge in [0.25, 0.3) is 0 Å². The average molecular weight is 595 g/mol. The summed E-state index contributed by atoms with van der Waals surface area (Å²) in [5.74, 6) is -3.32. The molecule has 0 aliphatic carbocycles. The third-order valence-electron chi connectivity index (χ3n) is 8.17. The lowest BCUT2D eigenvalue weighted by molar-refractivity contribution is 0.103. The van der Waals surface area contributed by atoms with Crippen LogP contribution in [0.1, 0.15) is 41.3 Å². The van der Waals surface area contributed by atoms with E-state index in [1.54, 1.807) is 19.2 Å². The Kier molecular flexibility index (Phi) is 7.56. The smallest absolute Gasteiger partial charge is 0.301 e. The number of nitrogens with one attached hydrogen (secondary N) is 3. The molecule has 2 bridgehead atoms. The fourth-order valence-electron chi connectivity index (χ4n) is 5.79. The van der Waals surface area contributed by atoms with E-state index in [2.05, 4.69) is 37.0 Å². The Morgan fingerprint density at radius 1 is 1.10 bits per heavy atom. The number of anilines is 1. The molecule has 2 unspecified atom stereocenters. The van der Waals surface area contributed by atoms with Crippen molar-refractivity contribution in [3.05, 3.63) is 83.2 Å². The molecular formula is C30H32F2N6O3S. The highest BCUT2D eigenvalue weighted by Gasteiger charge is 2.32. The summed E-state index contributed by atoms with van der Waals surface area (Å²) in [6.45, 7) is 4.72. The van der Waals surface area contributed by atoms with Gasteiger partial charge in [-0.2, -0.15) is 12.7 Å². The van der Waals surface area contributed by atoms with E-state index in [0.29, 0.717) is 23.1 Å². The molecule has 220 valence electrons. The Hall–Kier alpha value is -3.71. The second-order valence-corrected chi connectivity index (χ2v) is 12.8. The largest absolute Gasteiger partial charge is 0.345 e. The third kappa shape index (κ3) is 5.42. The number of piperazine rings is 1. The van der Waals surface area contributed by atoms with Crippen LogP contribution in [0, 0.1) is 11.6 Å². The number of aromatic nitrogens is 2. The van der Waals surface area contributed by atoms with E-state index in [0.717, 1.165) is 47.2 Å². The van der Waals surface area contributed by atoms with Gasteiger partial charge in [-0.3, -0.25) is 14.4 Å². The van der Waals surface area contributed by atoms with Gasteiger partial charge in [-0.15, -0.1) is 0 Å². The summed E-state index contributed by atoms with van der Waals surface area (Å²) < 4.78 is 58.2. The lowest BCUT2D eigenvalue weighted by atomic mass is 9.99. The number of aromatic amines is 1. The minimum absolute atomic E-state index is 0.0211. The van der Waals surface area contributed by atoms with Crippen molar-refractivity contribution in [2.45, 2.75) is 38.4 Å². The summed E-state index contributed by atoms with van der Waals surface area (Å²) in [7, 11) is -2.78. The zero-order valence-electron chi connectivity index (χ0n) is 23.3. The molecule has 9 nitrogen and oxygen atoms in total. The number of rotatable bonds is 9. The van der Waals surface area contributed by atoms with Crippen molar-refractivity contribution in [3.8, 4) is 11.1 Å². The highest BCUT2D eigenvalue weighted by molar-refractivity contribution is 7.90. The molecule has 2 aromatic carbocycles. The number of halogens is 2. The predicted octanol–water partition coefficient (Wildman–Crippen LogP) is 4.28. The fourth-order valence-corrected chi connectivity index (χ4v) is 6.72. The standard InChI is InChI=1S/C30H32F2N6O3S/c1-3-37(2)42(40,41)36-26-11-10-25(31)27(28(26)32)29(39)24-14-34-30-23(24)12-20(13-33-30)19-6-4-18(5-7-19)15-38-16-21-8-9-22(17-38)35-21/h4-7,10-14,21-22,35-36H,3,8-9,15-17H2,1-2H3,(H,33,34). The molecule has 2 aliphatic rings. The zero-order valence-corrected chi connectivity index (χ0v) is 24.1.